The van der Waals surface area contributed by atoms with Gasteiger partial charge in [-0.05, 0) is 43.4 Å². The van der Waals surface area contributed by atoms with E-state index >= 15 is 0 Å². The highest BCUT2D eigenvalue weighted by atomic mass is 32.1. The molecule has 0 aliphatic carbocycles. The Morgan fingerprint density at radius 2 is 2.08 bits per heavy atom. The highest BCUT2D eigenvalue weighted by Gasteiger charge is 1.96. The lowest BCUT2D eigenvalue weighted by molar-refractivity contribution is 0.335. The van der Waals surface area contributed by atoms with Gasteiger partial charge in [-0.25, -0.2) is 0 Å². The van der Waals surface area contributed by atoms with Gasteiger partial charge in [-0.15, -0.1) is 0 Å². The van der Waals surface area contributed by atoms with Gasteiger partial charge in [0.2, 0.25) is 0 Å². The second-order valence-electron chi connectivity index (χ2n) is 2.39. The molecule has 0 amide bonds. The number of phenols is 1. The first-order valence-electron chi connectivity index (χ1n) is 3.95. The molecule has 1 rings (SSSR count). The molecule has 0 aliphatic heterocycles. The number of thiocarbonyl (C=S) groups is 1. The van der Waals surface area contributed by atoms with Gasteiger partial charge in [0.05, 0.1) is 6.61 Å². The summed E-state index contributed by atoms with van der Waals surface area (Å²) in [5, 5.41) is 12.2. The summed E-state index contributed by atoms with van der Waals surface area (Å²) in [4.78, 5) is 0. The zero-order valence-corrected chi connectivity index (χ0v) is 8.10. The molecule has 0 aliphatic rings. The molecule has 4 heteroatoms. The van der Waals surface area contributed by atoms with Crippen LogP contribution in [-0.2, 0) is 4.74 Å². The Labute approximate surface area is 82.3 Å². The Hall–Kier alpha value is -1.29. The van der Waals surface area contributed by atoms with Crippen LogP contribution in [0.4, 0.5) is 5.69 Å². The van der Waals surface area contributed by atoms with Gasteiger partial charge in [-0.3, -0.25) is 0 Å². The van der Waals surface area contributed by atoms with Crippen molar-refractivity contribution in [2.45, 2.75) is 6.92 Å². The third-order valence-corrected chi connectivity index (χ3v) is 1.61. The zero-order valence-electron chi connectivity index (χ0n) is 7.28. The largest absolute Gasteiger partial charge is 0.508 e. The summed E-state index contributed by atoms with van der Waals surface area (Å²) < 4.78 is 5.03. The van der Waals surface area contributed by atoms with Gasteiger partial charge >= 0.3 is 0 Å². The molecule has 13 heavy (non-hydrogen) atoms. The van der Waals surface area contributed by atoms with Crippen molar-refractivity contribution < 1.29 is 9.84 Å². The summed E-state index contributed by atoms with van der Waals surface area (Å²) in [6.45, 7) is 2.41. The van der Waals surface area contributed by atoms with Crippen molar-refractivity contribution >= 4 is 23.1 Å². The molecular weight excluding hydrogens is 186 g/mol. The van der Waals surface area contributed by atoms with E-state index < -0.39 is 0 Å². The molecule has 0 fully saturated rings. The summed E-state index contributed by atoms with van der Waals surface area (Å²) in [6.07, 6.45) is 0. The standard InChI is InChI=1S/C9H11NO2S/c1-2-12-9(13)10-7-3-5-8(11)6-4-7/h3-6,11H,2H2,1H3,(H,10,13). The van der Waals surface area contributed by atoms with E-state index in [0.29, 0.717) is 11.8 Å². The Kier molecular flexibility index (Phi) is 3.52. The van der Waals surface area contributed by atoms with Gasteiger partial charge in [0, 0.05) is 5.69 Å². The third-order valence-electron chi connectivity index (χ3n) is 1.39. The van der Waals surface area contributed by atoms with Crippen molar-refractivity contribution in [3.05, 3.63) is 24.3 Å². The average Bonchev–Trinajstić information content (AvgIpc) is 2.09. The van der Waals surface area contributed by atoms with Crippen LogP contribution in [0, 0.1) is 0 Å². The number of nitrogens with one attached hydrogen (secondary N) is 1. The SMILES string of the molecule is CCOC(=S)Nc1ccc(O)cc1. The molecule has 2 N–H and O–H groups in total. The van der Waals surface area contributed by atoms with E-state index in [4.69, 9.17) is 22.1 Å². The average molecular weight is 197 g/mol. The molecule has 0 unspecified atom stereocenters. The summed E-state index contributed by atoms with van der Waals surface area (Å²) in [6, 6.07) is 6.61. The fourth-order valence-electron chi connectivity index (χ4n) is 0.830. The topological polar surface area (TPSA) is 41.5 Å². The van der Waals surface area contributed by atoms with Crippen LogP contribution in [0.3, 0.4) is 0 Å². The van der Waals surface area contributed by atoms with Gasteiger partial charge in [-0.1, -0.05) is 0 Å². The number of ether oxygens (including phenoxy) is 1. The molecule has 0 bridgehead atoms. The minimum absolute atomic E-state index is 0.230. The molecule has 3 nitrogen and oxygen atoms in total. The highest BCUT2D eigenvalue weighted by Crippen LogP contribution is 2.13. The van der Waals surface area contributed by atoms with Crippen LogP contribution in [-0.4, -0.2) is 16.9 Å². The number of aromatic hydroxyl groups is 1. The van der Waals surface area contributed by atoms with Gasteiger partial charge in [0.25, 0.3) is 5.17 Å². The van der Waals surface area contributed by atoms with E-state index in [1.807, 2.05) is 6.92 Å². The first-order valence-corrected chi connectivity index (χ1v) is 4.36. The van der Waals surface area contributed by atoms with Crippen molar-refractivity contribution in [1.29, 1.82) is 0 Å². The summed E-state index contributed by atoms with van der Waals surface area (Å²) in [7, 11) is 0. The van der Waals surface area contributed by atoms with Crippen molar-refractivity contribution in [2.75, 3.05) is 11.9 Å². The maximum Gasteiger partial charge on any atom is 0.261 e. The first kappa shape index (κ1) is 9.80. The number of benzene rings is 1. The van der Waals surface area contributed by atoms with Gasteiger partial charge in [0.15, 0.2) is 0 Å². The van der Waals surface area contributed by atoms with Crippen LogP contribution in [0.2, 0.25) is 0 Å². The van der Waals surface area contributed by atoms with E-state index in [9.17, 15) is 0 Å². The maximum atomic E-state index is 9.00. The Balaban J connectivity index is 2.54. The van der Waals surface area contributed by atoms with Gasteiger partial charge in [-0.2, -0.15) is 0 Å². The monoisotopic (exact) mass is 197 g/mol. The molecule has 70 valence electrons. The Morgan fingerprint density at radius 1 is 1.46 bits per heavy atom. The van der Waals surface area contributed by atoms with Crippen molar-refractivity contribution in [1.82, 2.24) is 0 Å². The Morgan fingerprint density at radius 3 is 2.62 bits per heavy atom. The second kappa shape index (κ2) is 4.67. The van der Waals surface area contributed by atoms with Crippen LogP contribution >= 0.6 is 12.2 Å². The second-order valence-corrected chi connectivity index (χ2v) is 2.76. The van der Waals surface area contributed by atoms with E-state index in [1.165, 1.54) is 0 Å². The van der Waals surface area contributed by atoms with Crippen molar-refractivity contribution in [3.8, 4) is 5.75 Å². The van der Waals surface area contributed by atoms with Crippen LogP contribution in [0.1, 0.15) is 6.92 Å². The number of rotatable bonds is 2. The lowest BCUT2D eigenvalue weighted by Crippen LogP contribution is -2.12. The molecule has 0 aromatic heterocycles. The Bertz CT molecular complexity index is 284. The fraction of sp³-hybridized carbons (Fsp3) is 0.222. The van der Waals surface area contributed by atoms with Gasteiger partial charge in [0.1, 0.15) is 5.75 Å². The molecule has 0 saturated carbocycles. The van der Waals surface area contributed by atoms with E-state index in [-0.39, 0.29) is 5.75 Å². The highest BCUT2D eigenvalue weighted by molar-refractivity contribution is 7.80. The molecular formula is C9H11NO2S. The lowest BCUT2D eigenvalue weighted by atomic mass is 10.3. The number of anilines is 1. The smallest absolute Gasteiger partial charge is 0.261 e. The van der Waals surface area contributed by atoms with Crippen LogP contribution in [0.25, 0.3) is 0 Å². The molecule has 0 heterocycles. The summed E-state index contributed by atoms with van der Waals surface area (Å²) in [5.74, 6) is 0.230. The number of hydrogen-bond acceptors (Lipinski definition) is 3. The lowest BCUT2D eigenvalue weighted by Gasteiger charge is -2.07. The molecule has 0 spiro atoms. The fourth-order valence-corrected chi connectivity index (χ4v) is 1.07. The zero-order chi connectivity index (χ0) is 9.68. The molecule has 1 aromatic rings. The quantitative estimate of drug-likeness (QED) is 0.563. The van der Waals surface area contributed by atoms with E-state index in [0.717, 1.165) is 5.69 Å². The van der Waals surface area contributed by atoms with Crippen LogP contribution in [0.15, 0.2) is 24.3 Å². The normalized spacial score (nSPS) is 9.31. The molecule has 0 saturated heterocycles. The van der Waals surface area contributed by atoms with E-state index in [1.54, 1.807) is 24.3 Å². The van der Waals surface area contributed by atoms with Crippen LogP contribution in [0.5, 0.6) is 5.75 Å². The maximum absolute atomic E-state index is 9.00. The predicted octanol–water partition coefficient (Wildman–Crippen LogP) is 2.13. The molecule has 1 aromatic carbocycles. The van der Waals surface area contributed by atoms with E-state index in [2.05, 4.69) is 5.32 Å². The first-order chi connectivity index (χ1) is 6.22. The van der Waals surface area contributed by atoms with Crippen molar-refractivity contribution in [2.24, 2.45) is 0 Å². The third kappa shape index (κ3) is 3.29. The number of phenolic OH excluding ortho intramolecular Hbond substituents is 1. The minimum atomic E-state index is 0.230. The van der Waals surface area contributed by atoms with Crippen molar-refractivity contribution in [3.63, 3.8) is 0 Å². The predicted molar refractivity (Wildman–Crippen MR) is 56.0 cm³/mol. The summed E-state index contributed by atoms with van der Waals surface area (Å²) >= 11 is 4.87. The summed E-state index contributed by atoms with van der Waals surface area (Å²) in [5.41, 5.74) is 0.802. The molecule has 0 radical (unpaired) electrons. The number of hydrogen-bond donors (Lipinski definition) is 2. The van der Waals surface area contributed by atoms with Crippen LogP contribution < -0.4 is 5.32 Å². The minimum Gasteiger partial charge on any atom is -0.508 e. The van der Waals surface area contributed by atoms with Gasteiger partial charge < -0.3 is 15.2 Å². The molecule has 0 atom stereocenters.